The van der Waals surface area contributed by atoms with Crippen LogP contribution >= 0.6 is 7.82 Å². The van der Waals surface area contributed by atoms with Gasteiger partial charge in [-0.2, -0.15) is 0 Å². The van der Waals surface area contributed by atoms with Crippen LogP contribution in [0.5, 0.6) is 0 Å². The van der Waals surface area contributed by atoms with Crippen LogP contribution in [0.4, 0.5) is 0 Å². The van der Waals surface area contributed by atoms with Crippen molar-refractivity contribution in [3.63, 3.8) is 0 Å². The van der Waals surface area contributed by atoms with Crippen LogP contribution in [-0.2, 0) is 27.9 Å². The summed E-state index contributed by atoms with van der Waals surface area (Å²) in [5.74, 6) is -0.495. The van der Waals surface area contributed by atoms with Gasteiger partial charge in [-0.05, 0) is 96.0 Å². The first-order valence-electron chi connectivity index (χ1n) is 36.1. The number of ether oxygens (including phenoxy) is 1. The van der Waals surface area contributed by atoms with Crippen molar-refractivity contribution >= 4 is 19.7 Å². The predicted octanol–water partition coefficient (Wildman–Crippen LogP) is 23.0. The van der Waals surface area contributed by atoms with E-state index in [0.717, 1.165) is 70.6 Å². The van der Waals surface area contributed by atoms with Crippen LogP contribution in [0.3, 0.4) is 0 Å². The molecular formula is C74H140N2O7P+. The number of phosphoric ester groups is 1. The molecule has 0 aliphatic rings. The van der Waals surface area contributed by atoms with E-state index in [1.54, 1.807) is 0 Å². The Labute approximate surface area is 521 Å². The number of allylic oxidation sites excluding steroid dienone is 9. The highest BCUT2D eigenvalue weighted by atomic mass is 31.2. The lowest BCUT2D eigenvalue weighted by atomic mass is 10.0. The molecule has 0 aliphatic carbocycles. The Balaban J connectivity index is 5.04. The van der Waals surface area contributed by atoms with E-state index in [0.29, 0.717) is 23.9 Å². The highest BCUT2D eigenvalue weighted by Crippen LogP contribution is 2.43. The van der Waals surface area contributed by atoms with Crippen LogP contribution < -0.4 is 5.32 Å². The first-order valence-corrected chi connectivity index (χ1v) is 37.6. The molecule has 3 atom stereocenters. The summed E-state index contributed by atoms with van der Waals surface area (Å²) in [5.41, 5.74) is 0. The summed E-state index contributed by atoms with van der Waals surface area (Å²) in [6, 6.07) is -0.851. The van der Waals surface area contributed by atoms with Gasteiger partial charge in [-0.1, -0.05) is 300 Å². The third-order valence-electron chi connectivity index (χ3n) is 16.2. The van der Waals surface area contributed by atoms with Crippen molar-refractivity contribution in [3.05, 3.63) is 60.8 Å². The first-order chi connectivity index (χ1) is 40.9. The zero-order valence-electron chi connectivity index (χ0n) is 56.4. The summed E-state index contributed by atoms with van der Waals surface area (Å²) in [5, 5.41) is 3.07. The topological polar surface area (TPSA) is 111 Å². The van der Waals surface area contributed by atoms with E-state index in [2.05, 4.69) is 74.7 Å². The Morgan fingerprint density at radius 2 is 0.726 bits per heavy atom. The quantitative estimate of drug-likeness (QED) is 0.0205. The summed E-state index contributed by atoms with van der Waals surface area (Å²) in [7, 11) is 1.50. The second kappa shape index (κ2) is 63.7. The minimum Gasteiger partial charge on any atom is -0.456 e. The van der Waals surface area contributed by atoms with Gasteiger partial charge in [0.15, 0.2) is 0 Å². The number of amides is 1. The van der Waals surface area contributed by atoms with Gasteiger partial charge in [0.05, 0.1) is 33.8 Å². The molecule has 0 rings (SSSR count). The van der Waals surface area contributed by atoms with E-state index in [9.17, 15) is 19.0 Å². The monoisotopic (exact) mass is 1200 g/mol. The molecular weight excluding hydrogens is 1060 g/mol. The minimum absolute atomic E-state index is 0.0400. The van der Waals surface area contributed by atoms with Crippen LogP contribution in [0.15, 0.2) is 60.8 Å². The fourth-order valence-corrected chi connectivity index (χ4v) is 11.3. The number of esters is 1. The molecule has 9 nitrogen and oxygen atoms in total. The lowest BCUT2D eigenvalue weighted by Gasteiger charge is -2.27. The predicted molar refractivity (Wildman–Crippen MR) is 365 cm³/mol. The van der Waals surface area contributed by atoms with E-state index in [-0.39, 0.29) is 25.1 Å². The molecule has 84 heavy (non-hydrogen) atoms. The smallest absolute Gasteiger partial charge is 0.456 e. The third-order valence-corrected chi connectivity index (χ3v) is 17.2. The lowest BCUT2D eigenvalue weighted by Crippen LogP contribution is -2.47. The maximum Gasteiger partial charge on any atom is 0.472 e. The molecule has 0 saturated carbocycles. The standard InChI is InChI=1S/C74H139N2O7P/c1-7-10-13-16-19-22-25-28-30-32-34-36-37-38-39-41-42-44-46-48-51-54-57-60-63-66-73(77)75-71(70-82-84(79,80)81-69-68-76(4,5)6)72(65-62-59-56-53-50-27-24-21-18-15-12-9-3)83-74(78)67-64-61-58-55-52-49-47-45-43-40-35-33-31-29-26-23-20-17-14-11-8-2/h19,22,28-31,34,36,62,65,71-72H,7-18,20-21,23-27,32-33,35,37-61,63-64,66-70H2,1-6H3,(H-,75,77,79,80)/p+1/b22-19-,30-28-,31-29+,36-34-,65-62-. The molecule has 0 aromatic rings. The van der Waals surface area contributed by atoms with Crippen molar-refractivity contribution in [3.8, 4) is 0 Å². The van der Waals surface area contributed by atoms with Crippen molar-refractivity contribution < 1.29 is 37.3 Å². The molecule has 492 valence electrons. The lowest BCUT2D eigenvalue weighted by molar-refractivity contribution is -0.870. The summed E-state index contributed by atoms with van der Waals surface area (Å²) in [4.78, 5) is 37.9. The maximum atomic E-state index is 13.6. The van der Waals surface area contributed by atoms with Gasteiger partial charge in [0.1, 0.15) is 19.3 Å². The van der Waals surface area contributed by atoms with Crippen molar-refractivity contribution in [2.45, 2.75) is 360 Å². The molecule has 0 spiro atoms. The second-order valence-electron chi connectivity index (χ2n) is 25.8. The van der Waals surface area contributed by atoms with E-state index in [4.69, 9.17) is 13.8 Å². The van der Waals surface area contributed by atoms with E-state index in [1.165, 1.54) is 244 Å². The summed E-state index contributed by atoms with van der Waals surface area (Å²) in [6.07, 6.45) is 82.3. The number of hydrogen-bond acceptors (Lipinski definition) is 6. The zero-order valence-corrected chi connectivity index (χ0v) is 57.3. The second-order valence-corrected chi connectivity index (χ2v) is 27.2. The van der Waals surface area contributed by atoms with Crippen LogP contribution in [0.25, 0.3) is 0 Å². The van der Waals surface area contributed by atoms with E-state index < -0.39 is 20.0 Å². The first kappa shape index (κ1) is 81.7. The van der Waals surface area contributed by atoms with Crippen molar-refractivity contribution in [1.82, 2.24) is 5.32 Å². The molecule has 2 N–H and O–H groups in total. The average molecular weight is 1200 g/mol. The summed E-state index contributed by atoms with van der Waals surface area (Å²) >= 11 is 0. The van der Waals surface area contributed by atoms with Crippen LogP contribution in [0.2, 0.25) is 0 Å². The van der Waals surface area contributed by atoms with Gasteiger partial charge in [0.25, 0.3) is 0 Å². The van der Waals surface area contributed by atoms with Gasteiger partial charge < -0.3 is 19.4 Å². The number of nitrogens with one attached hydrogen (secondary N) is 1. The van der Waals surface area contributed by atoms with Crippen LogP contribution in [0.1, 0.15) is 348 Å². The minimum atomic E-state index is -4.46. The largest absolute Gasteiger partial charge is 0.472 e. The fourth-order valence-electron chi connectivity index (χ4n) is 10.6. The Hall–Kier alpha value is -2.29. The maximum absolute atomic E-state index is 13.6. The number of nitrogens with zero attached hydrogens (tertiary/aromatic N) is 1. The number of hydrogen-bond donors (Lipinski definition) is 2. The number of carbonyl (C=O) groups is 2. The number of likely N-dealkylation sites (N-methyl/N-ethyl adjacent to an activating group) is 1. The molecule has 0 bridgehead atoms. The highest BCUT2D eigenvalue weighted by Gasteiger charge is 2.30. The zero-order chi connectivity index (χ0) is 61.4. The van der Waals surface area contributed by atoms with E-state index in [1.807, 2.05) is 33.3 Å². The molecule has 1 amide bonds. The third kappa shape index (κ3) is 64.2. The molecule has 0 aromatic heterocycles. The molecule has 0 fully saturated rings. The molecule has 0 aliphatic heterocycles. The van der Waals surface area contributed by atoms with Gasteiger partial charge in [0.2, 0.25) is 5.91 Å². The number of phosphoric acid groups is 1. The van der Waals surface area contributed by atoms with E-state index >= 15 is 0 Å². The average Bonchev–Trinajstić information content (AvgIpc) is 3.64. The highest BCUT2D eigenvalue weighted by molar-refractivity contribution is 7.47. The Kier molecular flexibility index (Phi) is 62.0. The molecule has 3 unspecified atom stereocenters. The Morgan fingerprint density at radius 3 is 1.12 bits per heavy atom. The Bertz CT molecular complexity index is 1620. The summed E-state index contributed by atoms with van der Waals surface area (Å²) < 4.78 is 30.8. The molecule has 10 heteroatoms. The molecule has 0 saturated heterocycles. The fraction of sp³-hybridized carbons (Fsp3) is 0.838. The number of rotatable bonds is 66. The number of quaternary nitrogens is 1. The van der Waals surface area contributed by atoms with Gasteiger partial charge in [0, 0.05) is 12.8 Å². The van der Waals surface area contributed by atoms with Gasteiger partial charge in [-0.25, -0.2) is 4.57 Å². The summed E-state index contributed by atoms with van der Waals surface area (Å²) in [6.45, 7) is 7.02. The SMILES string of the molecule is CCCCC/C=C\C/C=C\C/C=C\CCCCCCCCCCCCCCC(=O)NC(COP(=O)(O)OCC[N+](C)(C)C)C(/C=C\CCCCCCCCCCCC)OC(=O)CCCCCCCCCCCCC/C=C/CCCCCCCC. The number of unbranched alkanes of at least 4 members (excludes halogenated alkanes) is 42. The van der Waals surface area contributed by atoms with Crippen molar-refractivity contribution in [1.29, 1.82) is 0 Å². The number of carbonyl (C=O) groups excluding carboxylic acids is 2. The van der Waals surface area contributed by atoms with Crippen LogP contribution in [-0.4, -0.2) is 74.3 Å². The van der Waals surface area contributed by atoms with Gasteiger partial charge >= 0.3 is 13.8 Å². The van der Waals surface area contributed by atoms with Gasteiger partial charge in [-0.3, -0.25) is 18.6 Å². The Morgan fingerprint density at radius 1 is 0.417 bits per heavy atom. The molecule has 0 radical (unpaired) electrons. The normalized spacial score (nSPS) is 13.8. The van der Waals surface area contributed by atoms with Gasteiger partial charge in [-0.15, -0.1) is 0 Å². The molecule has 0 aromatic carbocycles. The van der Waals surface area contributed by atoms with Crippen molar-refractivity contribution in [2.75, 3.05) is 40.9 Å². The van der Waals surface area contributed by atoms with Crippen LogP contribution in [0, 0.1) is 0 Å². The van der Waals surface area contributed by atoms with Crippen molar-refractivity contribution in [2.24, 2.45) is 0 Å². The molecule has 0 heterocycles.